The minimum atomic E-state index is -4.39. The van der Waals surface area contributed by atoms with Gasteiger partial charge in [-0.2, -0.15) is 0 Å². The first-order valence-electron chi connectivity index (χ1n) is 28.7. The number of esters is 2. The van der Waals surface area contributed by atoms with Crippen LogP contribution in [-0.4, -0.2) is 74.9 Å². The highest BCUT2D eigenvalue weighted by atomic mass is 31.2. The zero-order valence-electron chi connectivity index (χ0n) is 46.0. The molecule has 0 saturated carbocycles. The van der Waals surface area contributed by atoms with E-state index in [2.05, 4.69) is 86.8 Å². The monoisotopic (exact) mass is 1000 g/mol. The molecule has 1 N–H and O–H groups in total. The molecule has 0 bridgehead atoms. The highest BCUT2D eigenvalue weighted by Gasteiger charge is 2.27. The van der Waals surface area contributed by atoms with E-state index < -0.39 is 26.5 Å². The highest BCUT2D eigenvalue weighted by Crippen LogP contribution is 2.43. The van der Waals surface area contributed by atoms with Gasteiger partial charge in [0.1, 0.15) is 19.8 Å². The largest absolute Gasteiger partial charge is 0.472 e. The molecule has 2 atom stereocenters. The van der Waals surface area contributed by atoms with Crippen molar-refractivity contribution >= 4 is 19.8 Å². The molecule has 0 heterocycles. The Kier molecular flexibility index (Phi) is 49.5. The summed E-state index contributed by atoms with van der Waals surface area (Å²) in [6.45, 7) is 4.31. The maximum atomic E-state index is 12.8. The highest BCUT2D eigenvalue weighted by molar-refractivity contribution is 7.47. The normalized spacial score (nSPS) is 13.9. The van der Waals surface area contributed by atoms with Gasteiger partial charge in [-0.25, -0.2) is 4.57 Å². The summed E-state index contributed by atoms with van der Waals surface area (Å²) < 4.78 is 34.5. The van der Waals surface area contributed by atoms with E-state index in [1.54, 1.807) is 0 Å². The predicted octanol–water partition coefficient (Wildman–Crippen LogP) is 17.7. The number of rotatable bonds is 52. The number of ether oxygens (including phenoxy) is 2. The third-order valence-corrected chi connectivity index (χ3v) is 13.2. The van der Waals surface area contributed by atoms with Crippen LogP contribution < -0.4 is 0 Å². The van der Waals surface area contributed by atoms with E-state index in [0.717, 1.165) is 89.9 Å². The molecule has 0 aromatic carbocycles. The summed E-state index contributed by atoms with van der Waals surface area (Å²) in [4.78, 5) is 35.7. The molecular weight excluding hydrogens is 894 g/mol. The summed E-state index contributed by atoms with van der Waals surface area (Å²) in [5.74, 6) is -0.811. The lowest BCUT2D eigenvalue weighted by molar-refractivity contribution is -0.870. The number of likely N-dealkylation sites (N-methyl/N-ethyl adjacent to an activating group) is 1. The van der Waals surface area contributed by atoms with Gasteiger partial charge in [-0.1, -0.05) is 222 Å². The number of hydrogen-bond acceptors (Lipinski definition) is 7. The van der Waals surface area contributed by atoms with Gasteiger partial charge in [0, 0.05) is 12.8 Å². The number of phosphoric ester groups is 1. The van der Waals surface area contributed by atoms with E-state index >= 15 is 0 Å². The van der Waals surface area contributed by atoms with E-state index in [1.807, 2.05) is 21.1 Å². The SMILES string of the molecule is CC/C=C\C/C=C\C/C=C\C/C=C\CCCCCCCCC(=O)OC(COC(=O)CCCCCCCCCCCCCCCCC/C=C\C/C=C\CCCCCCC)COP(=O)(O)OCC[N+](C)(C)C. The van der Waals surface area contributed by atoms with Gasteiger partial charge in [0.15, 0.2) is 6.10 Å². The van der Waals surface area contributed by atoms with E-state index in [1.165, 1.54) is 122 Å². The van der Waals surface area contributed by atoms with Gasteiger partial charge >= 0.3 is 19.8 Å². The van der Waals surface area contributed by atoms with Crippen LogP contribution in [0.3, 0.4) is 0 Å². The van der Waals surface area contributed by atoms with Crippen molar-refractivity contribution in [2.45, 2.75) is 251 Å². The number of nitrogens with zero attached hydrogens (tertiary/aromatic N) is 1. The second-order valence-corrected chi connectivity index (χ2v) is 21.7. The number of allylic oxidation sites excluding steroid dienone is 12. The molecule has 0 radical (unpaired) electrons. The van der Waals surface area contributed by atoms with Crippen molar-refractivity contribution in [2.24, 2.45) is 0 Å². The van der Waals surface area contributed by atoms with Crippen LogP contribution in [0.25, 0.3) is 0 Å². The Bertz CT molecular complexity index is 1410. The van der Waals surface area contributed by atoms with Crippen molar-refractivity contribution in [1.82, 2.24) is 0 Å². The van der Waals surface area contributed by atoms with Crippen LogP contribution in [0, 0.1) is 0 Å². The fourth-order valence-corrected chi connectivity index (χ4v) is 8.54. The Morgan fingerprint density at radius 2 is 0.814 bits per heavy atom. The molecule has 406 valence electrons. The number of quaternary nitrogens is 1. The average Bonchev–Trinajstić information content (AvgIpc) is 3.32. The van der Waals surface area contributed by atoms with E-state index in [4.69, 9.17) is 18.5 Å². The molecule has 0 rings (SSSR count). The third-order valence-electron chi connectivity index (χ3n) is 12.2. The van der Waals surface area contributed by atoms with Gasteiger partial charge in [-0.3, -0.25) is 18.6 Å². The lowest BCUT2D eigenvalue weighted by Crippen LogP contribution is -2.37. The maximum Gasteiger partial charge on any atom is 0.472 e. The summed E-state index contributed by atoms with van der Waals surface area (Å²) in [6.07, 6.45) is 66.8. The Labute approximate surface area is 431 Å². The molecule has 0 saturated heterocycles. The van der Waals surface area contributed by atoms with E-state index in [-0.39, 0.29) is 32.0 Å². The lowest BCUT2D eigenvalue weighted by atomic mass is 10.0. The van der Waals surface area contributed by atoms with Crippen LogP contribution in [-0.2, 0) is 32.7 Å². The van der Waals surface area contributed by atoms with Crippen molar-refractivity contribution in [3.8, 4) is 0 Å². The molecule has 0 aliphatic carbocycles. The van der Waals surface area contributed by atoms with Crippen LogP contribution in [0.15, 0.2) is 72.9 Å². The van der Waals surface area contributed by atoms with Gasteiger partial charge < -0.3 is 18.9 Å². The molecule has 0 fully saturated rings. The Morgan fingerprint density at radius 1 is 0.457 bits per heavy atom. The number of phosphoric acid groups is 1. The lowest BCUT2D eigenvalue weighted by Gasteiger charge is -2.24. The number of unbranched alkanes of at least 4 members (excludes halogenated alkanes) is 26. The molecule has 0 aromatic heterocycles. The standard InChI is InChI=1S/C60H108NO8P/c1-6-8-10-12-14-16-18-20-22-24-26-27-28-29-30-31-32-33-35-36-38-40-42-44-46-48-50-52-59(62)66-56-58(57-68-70(64,65)67-55-54-61(3,4)5)69-60(63)53-51-49-47-45-43-41-39-37-34-25-23-21-19-17-15-13-11-9-7-2/h9,11,15,17-18,20-21,23-24,26,34,37,58H,6-8,10,12-14,16,19,22,25,27-33,35-36,38-57H2,1-5H3/p+1/b11-9-,17-15-,20-18-,23-21-,26-24-,37-34-. The van der Waals surface area contributed by atoms with Gasteiger partial charge in [-0.05, 0) is 83.5 Å². The van der Waals surface area contributed by atoms with Crippen LogP contribution in [0.1, 0.15) is 245 Å². The fraction of sp³-hybridized carbons (Fsp3) is 0.767. The second kappa shape index (κ2) is 51.4. The Morgan fingerprint density at radius 3 is 1.21 bits per heavy atom. The summed E-state index contributed by atoms with van der Waals surface area (Å²) >= 11 is 0. The number of carbonyl (C=O) groups is 2. The summed E-state index contributed by atoms with van der Waals surface area (Å²) in [5, 5.41) is 0. The molecule has 9 nitrogen and oxygen atoms in total. The van der Waals surface area contributed by atoms with Crippen molar-refractivity contribution in [3.05, 3.63) is 72.9 Å². The first-order chi connectivity index (χ1) is 34.0. The van der Waals surface area contributed by atoms with E-state index in [0.29, 0.717) is 17.4 Å². The van der Waals surface area contributed by atoms with Gasteiger partial charge in [0.2, 0.25) is 0 Å². The number of carbonyl (C=O) groups excluding carboxylic acids is 2. The zero-order chi connectivity index (χ0) is 51.3. The number of hydrogen-bond donors (Lipinski definition) is 1. The van der Waals surface area contributed by atoms with Crippen LogP contribution in [0.2, 0.25) is 0 Å². The molecule has 0 amide bonds. The minimum absolute atomic E-state index is 0.0262. The Balaban J connectivity index is 4.16. The molecule has 70 heavy (non-hydrogen) atoms. The first-order valence-corrected chi connectivity index (χ1v) is 30.2. The van der Waals surface area contributed by atoms with Crippen LogP contribution in [0.4, 0.5) is 0 Å². The molecular formula is C60H109NO8P+. The van der Waals surface area contributed by atoms with E-state index in [9.17, 15) is 19.0 Å². The molecule has 0 aromatic rings. The van der Waals surface area contributed by atoms with Crippen LogP contribution >= 0.6 is 7.82 Å². The first kappa shape index (κ1) is 67.5. The molecule has 10 heteroatoms. The van der Waals surface area contributed by atoms with Crippen molar-refractivity contribution in [2.75, 3.05) is 47.5 Å². The summed E-state index contributed by atoms with van der Waals surface area (Å²) in [6, 6.07) is 0. The van der Waals surface area contributed by atoms with Crippen LogP contribution in [0.5, 0.6) is 0 Å². The molecule has 0 spiro atoms. The molecule has 2 unspecified atom stereocenters. The smallest absolute Gasteiger partial charge is 0.462 e. The van der Waals surface area contributed by atoms with Crippen molar-refractivity contribution < 1.29 is 42.1 Å². The van der Waals surface area contributed by atoms with Crippen molar-refractivity contribution in [3.63, 3.8) is 0 Å². The zero-order valence-corrected chi connectivity index (χ0v) is 46.9. The second-order valence-electron chi connectivity index (χ2n) is 20.3. The predicted molar refractivity (Wildman–Crippen MR) is 298 cm³/mol. The third kappa shape index (κ3) is 54.8. The van der Waals surface area contributed by atoms with Gasteiger partial charge in [-0.15, -0.1) is 0 Å². The summed E-state index contributed by atoms with van der Waals surface area (Å²) in [5.41, 5.74) is 0. The molecule has 0 aliphatic heterocycles. The average molecular weight is 1000 g/mol. The van der Waals surface area contributed by atoms with Crippen molar-refractivity contribution in [1.29, 1.82) is 0 Å². The van der Waals surface area contributed by atoms with Gasteiger partial charge in [0.05, 0.1) is 27.7 Å². The summed E-state index contributed by atoms with van der Waals surface area (Å²) in [7, 11) is 1.46. The maximum absolute atomic E-state index is 12.8. The van der Waals surface area contributed by atoms with Gasteiger partial charge in [0.25, 0.3) is 0 Å². The molecule has 0 aliphatic rings. The fourth-order valence-electron chi connectivity index (χ4n) is 7.80. The minimum Gasteiger partial charge on any atom is -0.462 e. The Hall–Kier alpha value is -2.55. The topological polar surface area (TPSA) is 108 Å². The quantitative estimate of drug-likeness (QED) is 0.0211.